The van der Waals surface area contributed by atoms with Crippen LogP contribution in [0.25, 0.3) is 0 Å². The van der Waals surface area contributed by atoms with Crippen molar-refractivity contribution in [3.63, 3.8) is 0 Å². The fraction of sp³-hybridized carbons (Fsp3) is 0.812. The molecule has 0 radical (unpaired) electrons. The summed E-state index contributed by atoms with van der Waals surface area (Å²) in [5, 5.41) is 2.87. The number of amides is 2. The molecule has 0 spiro atoms. The molecule has 1 N–H and O–H groups in total. The van der Waals surface area contributed by atoms with E-state index in [-0.39, 0.29) is 23.8 Å². The minimum Gasteiger partial charge on any atom is -0.469 e. The molecule has 22 heavy (non-hydrogen) atoms. The van der Waals surface area contributed by atoms with E-state index in [2.05, 4.69) is 10.1 Å². The highest BCUT2D eigenvalue weighted by Gasteiger charge is 2.38. The lowest BCUT2D eigenvalue weighted by atomic mass is 9.94. The van der Waals surface area contributed by atoms with Crippen molar-refractivity contribution in [1.29, 1.82) is 0 Å². The van der Waals surface area contributed by atoms with Crippen molar-refractivity contribution in [2.45, 2.75) is 58.9 Å². The van der Waals surface area contributed by atoms with Crippen LogP contribution < -0.4 is 5.32 Å². The van der Waals surface area contributed by atoms with Crippen molar-refractivity contribution < 1.29 is 19.1 Å². The number of hydrogen-bond acceptors (Lipinski definition) is 4. The summed E-state index contributed by atoms with van der Waals surface area (Å²) < 4.78 is 4.56. The summed E-state index contributed by atoms with van der Waals surface area (Å²) in [6.45, 7) is 6.78. The van der Waals surface area contributed by atoms with Crippen LogP contribution in [0.15, 0.2) is 0 Å². The molecule has 2 amide bonds. The third kappa shape index (κ3) is 5.31. The monoisotopic (exact) mass is 312 g/mol. The number of nitrogens with one attached hydrogen (secondary N) is 1. The van der Waals surface area contributed by atoms with Gasteiger partial charge in [-0.25, -0.2) is 0 Å². The molecule has 6 nitrogen and oxygen atoms in total. The molecule has 1 atom stereocenters. The fourth-order valence-electron chi connectivity index (χ4n) is 2.54. The number of methoxy groups -OCH3 is 1. The van der Waals surface area contributed by atoms with E-state index in [4.69, 9.17) is 0 Å². The number of nitrogens with zero attached hydrogens (tertiary/aromatic N) is 1. The molecule has 0 aliphatic carbocycles. The predicted octanol–water partition coefficient (Wildman–Crippen LogP) is 1.48. The lowest BCUT2D eigenvalue weighted by Crippen LogP contribution is -2.49. The van der Waals surface area contributed by atoms with Gasteiger partial charge in [0.05, 0.1) is 7.11 Å². The standard InChI is InChI=1S/C16H28N2O4/c1-16(2,3)15(21)18-11-7-8-12(18)14(20)17-10-6-5-9-13(19)22-4/h12H,5-11H2,1-4H3,(H,17,20)/t12-/m0/s1. The van der Waals surface area contributed by atoms with Crippen molar-refractivity contribution >= 4 is 17.8 Å². The largest absolute Gasteiger partial charge is 0.469 e. The topological polar surface area (TPSA) is 75.7 Å². The normalized spacial score (nSPS) is 18.2. The van der Waals surface area contributed by atoms with Gasteiger partial charge < -0.3 is 15.0 Å². The van der Waals surface area contributed by atoms with E-state index in [1.807, 2.05) is 20.8 Å². The molecule has 0 aromatic carbocycles. The van der Waals surface area contributed by atoms with Gasteiger partial charge in [-0.1, -0.05) is 20.8 Å². The first-order chi connectivity index (χ1) is 10.3. The van der Waals surface area contributed by atoms with Gasteiger partial charge in [0.2, 0.25) is 11.8 Å². The summed E-state index contributed by atoms with van der Waals surface area (Å²) in [7, 11) is 1.37. The molecule has 1 aliphatic heterocycles. The Morgan fingerprint density at radius 2 is 1.91 bits per heavy atom. The van der Waals surface area contributed by atoms with Gasteiger partial charge >= 0.3 is 5.97 Å². The molecule has 0 bridgehead atoms. The number of ether oxygens (including phenoxy) is 1. The first-order valence-electron chi connectivity index (χ1n) is 7.93. The van der Waals surface area contributed by atoms with E-state index >= 15 is 0 Å². The predicted molar refractivity (Wildman–Crippen MR) is 83.1 cm³/mol. The summed E-state index contributed by atoms with van der Waals surface area (Å²) in [4.78, 5) is 37.3. The van der Waals surface area contributed by atoms with Crippen LogP contribution in [-0.4, -0.2) is 48.9 Å². The summed E-state index contributed by atoms with van der Waals surface area (Å²) in [5.74, 6) is -0.298. The van der Waals surface area contributed by atoms with Crippen LogP contribution >= 0.6 is 0 Å². The Bertz CT molecular complexity index is 415. The van der Waals surface area contributed by atoms with E-state index in [0.29, 0.717) is 25.9 Å². The van der Waals surface area contributed by atoms with Crippen LogP contribution in [0.2, 0.25) is 0 Å². The van der Waals surface area contributed by atoms with E-state index in [9.17, 15) is 14.4 Å². The van der Waals surface area contributed by atoms with Gasteiger partial charge in [0, 0.05) is 24.9 Å². The van der Waals surface area contributed by atoms with Gasteiger partial charge in [0.1, 0.15) is 6.04 Å². The molecule has 1 fully saturated rings. The molecular formula is C16H28N2O4. The van der Waals surface area contributed by atoms with Gasteiger partial charge in [0.15, 0.2) is 0 Å². The van der Waals surface area contributed by atoms with Gasteiger partial charge in [-0.05, 0) is 25.7 Å². The molecule has 1 saturated heterocycles. The summed E-state index contributed by atoms with van der Waals surface area (Å²) >= 11 is 0. The number of carbonyl (C=O) groups is 3. The van der Waals surface area contributed by atoms with Crippen LogP contribution in [0.3, 0.4) is 0 Å². The highest BCUT2D eigenvalue weighted by Crippen LogP contribution is 2.25. The van der Waals surface area contributed by atoms with E-state index in [1.54, 1.807) is 4.90 Å². The average molecular weight is 312 g/mol. The quantitative estimate of drug-likeness (QED) is 0.595. The van der Waals surface area contributed by atoms with Gasteiger partial charge in [0.25, 0.3) is 0 Å². The highest BCUT2D eigenvalue weighted by atomic mass is 16.5. The second-order valence-electron chi connectivity index (χ2n) is 6.73. The smallest absolute Gasteiger partial charge is 0.305 e. The third-order valence-electron chi connectivity index (χ3n) is 3.79. The Balaban J connectivity index is 2.38. The molecule has 1 rings (SSSR count). The third-order valence-corrected chi connectivity index (χ3v) is 3.79. The number of rotatable bonds is 6. The summed E-state index contributed by atoms with van der Waals surface area (Å²) in [5.41, 5.74) is -0.469. The number of likely N-dealkylation sites (tertiary alicyclic amines) is 1. The number of esters is 1. The minimum absolute atomic E-state index is 0.0239. The second kappa shape index (κ2) is 8.15. The van der Waals surface area contributed by atoms with Crippen molar-refractivity contribution in [1.82, 2.24) is 10.2 Å². The maximum absolute atomic E-state index is 12.4. The van der Waals surface area contributed by atoms with Crippen molar-refractivity contribution in [3.8, 4) is 0 Å². The Hall–Kier alpha value is -1.59. The van der Waals surface area contributed by atoms with Gasteiger partial charge in [-0.15, -0.1) is 0 Å². The maximum atomic E-state index is 12.4. The number of hydrogen-bond donors (Lipinski definition) is 1. The van der Waals surface area contributed by atoms with Crippen molar-refractivity contribution in [2.24, 2.45) is 5.41 Å². The summed E-state index contributed by atoms with van der Waals surface area (Å²) in [6, 6.07) is -0.354. The Kier molecular flexibility index (Phi) is 6.84. The molecule has 0 unspecified atom stereocenters. The Morgan fingerprint density at radius 3 is 2.50 bits per heavy atom. The zero-order valence-corrected chi connectivity index (χ0v) is 14.1. The minimum atomic E-state index is -0.469. The first-order valence-corrected chi connectivity index (χ1v) is 7.93. The van der Waals surface area contributed by atoms with Crippen LogP contribution in [0, 0.1) is 5.41 Å². The lowest BCUT2D eigenvalue weighted by Gasteiger charge is -2.30. The molecule has 6 heteroatoms. The molecule has 1 heterocycles. The van der Waals surface area contributed by atoms with Crippen LogP contribution in [0.5, 0.6) is 0 Å². The van der Waals surface area contributed by atoms with E-state index in [0.717, 1.165) is 19.3 Å². The molecule has 0 saturated carbocycles. The zero-order valence-electron chi connectivity index (χ0n) is 14.1. The molecule has 1 aliphatic rings. The first kappa shape index (κ1) is 18.5. The van der Waals surface area contributed by atoms with E-state index in [1.165, 1.54) is 7.11 Å². The Morgan fingerprint density at radius 1 is 1.23 bits per heavy atom. The number of carbonyl (C=O) groups excluding carboxylic acids is 3. The van der Waals surface area contributed by atoms with Gasteiger partial charge in [-0.2, -0.15) is 0 Å². The Labute approximate surface area is 132 Å². The zero-order chi connectivity index (χ0) is 16.8. The van der Waals surface area contributed by atoms with Crippen LogP contribution in [-0.2, 0) is 19.1 Å². The second-order valence-corrected chi connectivity index (χ2v) is 6.73. The highest BCUT2D eigenvalue weighted by molar-refractivity contribution is 5.90. The van der Waals surface area contributed by atoms with E-state index < -0.39 is 5.41 Å². The van der Waals surface area contributed by atoms with Crippen molar-refractivity contribution in [3.05, 3.63) is 0 Å². The summed E-state index contributed by atoms with van der Waals surface area (Å²) in [6.07, 6.45) is 3.35. The molecular weight excluding hydrogens is 284 g/mol. The van der Waals surface area contributed by atoms with Crippen LogP contribution in [0.4, 0.5) is 0 Å². The van der Waals surface area contributed by atoms with Gasteiger partial charge in [-0.3, -0.25) is 14.4 Å². The van der Waals surface area contributed by atoms with Crippen molar-refractivity contribution in [2.75, 3.05) is 20.2 Å². The fourth-order valence-corrected chi connectivity index (χ4v) is 2.54. The lowest BCUT2D eigenvalue weighted by molar-refractivity contribution is -0.144. The molecule has 0 aromatic rings. The number of unbranched alkanes of at least 4 members (excludes halogenated alkanes) is 1. The molecule has 0 aromatic heterocycles. The average Bonchev–Trinajstić information content (AvgIpc) is 2.93. The molecule has 126 valence electrons. The maximum Gasteiger partial charge on any atom is 0.305 e. The van der Waals surface area contributed by atoms with Crippen LogP contribution in [0.1, 0.15) is 52.9 Å². The SMILES string of the molecule is COC(=O)CCCCNC(=O)[C@@H]1CCCN1C(=O)C(C)(C)C.